The van der Waals surface area contributed by atoms with Crippen LogP contribution in [-0.4, -0.2) is 55.7 Å². The van der Waals surface area contributed by atoms with Gasteiger partial charge in [-0.3, -0.25) is 14.2 Å². The molecule has 0 radical (unpaired) electrons. The lowest BCUT2D eigenvalue weighted by molar-refractivity contribution is -0.330. The van der Waals surface area contributed by atoms with Gasteiger partial charge >= 0.3 is 12.5 Å². The Labute approximate surface area is 222 Å². The van der Waals surface area contributed by atoms with Crippen molar-refractivity contribution >= 4 is 17.8 Å². The molecule has 4 fully saturated rings. The number of amides is 2. The fourth-order valence-electron chi connectivity index (χ4n) is 5.67. The number of aryl methyl sites for hydroxylation is 1. The van der Waals surface area contributed by atoms with Crippen LogP contribution in [0, 0.1) is 5.92 Å². The highest BCUT2D eigenvalue weighted by molar-refractivity contribution is 6.02. The van der Waals surface area contributed by atoms with Crippen LogP contribution < -0.4 is 10.6 Å². The van der Waals surface area contributed by atoms with Crippen molar-refractivity contribution in [2.24, 2.45) is 13.0 Å². The maximum Gasteiger partial charge on any atom is 0.522 e. The average Bonchev–Trinajstić information content (AvgIpc) is 3.45. The summed E-state index contributed by atoms with van der Waals surface area (Å²) >= 11 is 0. The lowest BCUT2D eigenvalue weighted by atomic mass is 9.50. The van der Waals surface area contributed by atoms with Crippen molar-refractivity contribution in [2.45, 2.75) is 95.1 Å². The largest absolute Gasteiger partial charge is 0.522 e. The van der Waals surface area contributed by atoms with Gasteiger partial charge in [-0.25, -0.2) is 13.9 Å². The number of rotatable bonds is 7. The van der Waals surface area contributed by atoms with E-state index in [1.165, 1.54) is 13.1 Å². The maximum atomic E-state index is 14.9. The number of alkyl halides is 4. The van der Waals surface area contributed by atoms with Gasteiger partial charge in [0.1, 0.15) is 30.4 Å². The molecule has 2 aromatic heterocycles. The quantitative estimate of drug-likeness (QED) is 0.485. The minimum atomic E-state index is -4.82. The molecule has 0 spiro atoms. The average molecular weight is 557 g/mol. The molecule has 4 aliphatic rings. The number of carbonyl (C=O) groups is 2. The summed E-state index contributed by atoms with van der Waals surface area (Å²) in [5.41, 5.74) is -0.228. The highest BCUT2D eigenvalue weighted by Crippen LogP contribution is 2.57. The first-order valence-corrected chi connectivity index (χ1v) is 12.9. The van der Waals surface area contributed by atoms with E-state index in [9.17, 15) is 27.2 Å². The molecule has 4 aliphatic carbocycles. The van der Waals surface area contributed by atoms with Crippen molar-refractivity contribution in [3.05, 3.63) is 29.2 Å². The monoisotopic (exact) mass is 556 g/mol. The van der Waals surface area contributed by atoms with E-state index in [1.54, 1.807) is 10.7 Å². The zero-order valence-electron chi connectivity index (χ0n) is 22.1. The van der Waals surface area contributed by atoms with E-state index >= 15 is 0 Å². The molecule has 2 heterocycles. The molecule has 14 heteroatoms. The lowest BCUT2D eigenvalue weighted by Gasteiger charge is -2.61. The van der Waals surface area contributed by atoms with Gasteiger partial charge in [-0.15, -0.1) is 13.2 Å². The Bertz CT molecular complexity index is 1250. The highest BCUT2D eigenvalue weighted by Gasteiger charge is 2.58. The van der Waals surface area contributed by atoms with E-state index in [1.807, 2.05) is 20.8 Å². The minimum Gasteiger partial charge on any atom is -0.443 e. The van der Waals surface area contributed by atoms with Crippen molar-refractivity contribution in [3.63, 3.8) is 0 Å². The Kier molecular flexibility index (Phi) is 6.67. The van der Waals surface area contributed by atoms with E-state index in [-0.39, 0.29) is 35.7 Å². The van der Waals surface area contributed by atoms with Gasteiger partial charge in [0.25, 0.3) is 5.91 Å². The number of anilines is 1. The highest BCUT2D eigenvalue weighted by atomic mass is 19.4. The first-order valence-electron chi connectivity index (χ1n) is 12.9. The number of nitrogens with one attached hydrogen (secondary N) is 2. The Morgan fingerprint density at radius 2 is 1.82 bits per heavy atom. The predicted octanol–water partition coefficient (Wildman–Crippen LogP) is 4.52. The summed E-state index contributed by atoms with van der Waals surface area (Å²) in [4.78, 5) is 25.4. The number of aromatic nitrogens is 4. The van der Waals surface area contributed by atoms with Gasteiger partial charge in [0.05, 0.1) is 16.9 Å². The van der Waals surface area contributed by atoms with Gasteiger partial charge in [-0.2, -0.15) is 10.2 Å². The predicted molar refractivity (Wildman–Crippen MR) is 130 cm³/mol. The summed E-state index contributed by atoms with van der Waals surface area (Å²) in [7, 11) is 1.43. The SMILES string of the molecule is Cn1nc(COC(F)(F)F)cc1C(=O)Nc1cc([C@@H]2C[C@H](OC(=O)NC34CC(C3)C4)[C@@H](F)C2)nn1C(C)(C)C. The summed E-state index contributed by atoms with van der Waals surface area (Å²) in [6.45, 7) is 4.81. The van der Waals surface area contributed by atoms with Crippen LogP contribution in [0.2, 0.25) is 0 Å². The smallest absolute Gasteiger partial charge is 0.443 e. The summed E-state index contributed by atoms with van der Waals surface area (Å²) in [6.07, 6.45) is -4.43. The third-order valence-electron chi connectivity index (χ3n) is 7.66. The maximum absolute atomic E-state index is 14.9. The van der Waals surface area contributed by atoms with Gasteiger partial charge in [0.2, 0.25) is 0 Å². The molecule has 6 rings (SSSR count). The molecule has 214 valence electrons. The second-order valence-electron chi connectivity index (χ2n) is 11.9. The summed E-state index contributed by atoms with van der Waals surface area (Å²) in [6, 6.07) is 2.86. The van der Waals surface area contributed by atoms with Gasteiger partial charge in [0, 0.05) is 24.6 Å². The van der Waals surface area contributed by atoms with E-state index in [2.05, 4.69) is 25.6 Å². The fourth-order valence-corrected chi connectivity index (χ4v) is 5.67. The summed E-state index contributed by atoms with van der Waals surface area (Å²) in [5, 5.41) is 14.2. The van der Waals surface area contributed by atoms with Crippen LogP contribution in [0.4, 0.5) is 28.2 Å². The topological polar surface area (TPSA) is 112 Å². The van der Waals surface area contributed by atoms with E-state index in [4.69, 9.17) is 4.74 Å². The standard InChI is InChI=1S/C25H32F4N6O4/c1-23(2,3)35-20(30-21(36)18-7-15(32-34(18)4)12-38-25(27,28)29)8-17(33-35)14-5-16(26)19(6-14)39-22(37)31-24-9-13(10-24)11-24/h7-8,13-14,16,19H,5-6,9-12H2,1-4H3,(H,30,36)(H,31,37)/t13?,14-,16-,19-,24?/m0/s1. The number of nitrogens with zero attached hydrogens (tertiary/aromatic N) is 4. The van der Waals surface area contributed by atoms with E-state index in [0.717, 1.165) is 23.9 Å². The Balaban J connectivity index is 1.27. The van der Waals surface area contributed by atoms with E-state index in [0.29, 0.717) is 17.4 Å². The molecule has 2 N–H and O–H groups in total. The van der Waals surface area contributed by atoms with Crippen LogP contribution in [-0.2, 0) is 28.7 Å². The van der Waals surface area contributed by atoms with Crippen molar-refractivity contribution in [1.29, 1.82) is 0 Å². The molecule has 3 atom stereocenters. The molecule has 0 unspecified atom stereocenters. The molecule has 39 heavy (non-hydrogen) atoms. The summed E-state index contributed by atoms with van der Waals surface area (Å²) < 4.78 is 64.0. The third kappa shape index (κ3) is 5.75. The Morgan fingerprint density at radius 1 is 1.13 bits per heavy atom. The molecule has 0 saturated heterocycles. The molecule has 4 saturated carbocycles. The van der Waals surface area contributed by atoms with Gasteiger partial charge in [-0.1, -0.05) is 0 Å². The number of carbonyl (C=O) groups excluding carboxylic acids is 2. The zero-order valence-corrected chi connectivity index (χ0v) is 22.1. The van der Waals surface area contributed by atoms with Crippen LogP contribution >= 0.6 is 0 Å². The molecular formula is C25H32F4N6O4. The normalized spacial score (nSPS) is 28.0. The molecular weight excluding hydrogens is 524 g/mol. The van der Waals surface area contributed by atoms with Crippen LogP contribution in [0.3, 0.4) is 0 Å². The first kappa shape index (κ1) is 27.4. The van der Waals surface area contributed by atoms with Crippen molar-refractivity contribution in [2.75, 3.05) is 5.32 Å². The second kappa shape index (κ2) is 9.49. The number of ether oxygens (including phenoxy) is 2. The minimum absolute atomic E-state index is 0.0202. The number of hydrogen-bond acceptors (Lipinski definition) is 6. The van der Waals surface area contributed by atoms with Gasteiger partial charge < -0.3 is 15.4 Å². The Hall–Kier alpha value is -3.16. The van der Waals surface area contributed by atoms with Crippen LogP contribution in [0.25, 0.3) is 0 Å². The number of alkyl carbamates (subject to hydrolysis) is 1. The number of hydrogen-bond donors (Lipinski definition) is 2. The zero-order chi connectivity index (χ0) is 28.3. The van der Waals surface area contributed by atoms with Crippen molar-refractivity contribution in [1.82, 2.24) is 24.9 Å². The molecule has 0 aromatic carbocycles. The summed E-state index contributed by atoms with van der Waals surface area (Å²) in [5.74, 6) is 0.0697. The Morgan fingerprint density at radius 3 is 2.41 bits per heavy atom. The molecule has 2 bridgehead atoms. The molecule has 2 aromatic rings. The van der Waals surface area contributed by atoms with Crippen molar-refractivity contribution in [3.8, 4) is 0 Å². The lowest BCUT2D eigenvalue weighted by Crippen LogP contribution is -2.68. The number of halogens is 4. The van der Waals surface area contributed by atoms with Gasteiger partial charge in [0.15, 0.2) is 0 Å². The van der Waals surface area contributed by atoms with Crippen LogP contribution in [0.1, 0.15) is 80.7 Å². The molecule has 2 amide bonds. The van der Waals surface area contributed by atoms with E-state index < -0.39 is 42.8 Å². The van der Waals surface area contributed by atoms with Crippen molar-refractivity contribution < 1.29 is 36.6 Å². The third-order valence-corrected chi connectivity index (χ3v) is 7.66. The van der Waals surface area contributed by atoms with Gasteiger partial charge in [-0.05, 0) is 64.9 Å². The van der Waals surface area contributed by atoms with Crippen LogP contribution in [0.15, 0.2) is 12.1 Å². The van der Waals surface area contributed by atoms with Crippen LogP contribution in [0.5, 0.6) is 0 Å². The molecule has 10 nitrogen and oxygen atoms in total. The second-order valence-corrected chi connectivity index (χ2v) is 11.9. The molecule has 0 aliphatic heterocycles. The first-order chi connectivity index (χ1) is 18.1. The fraction of sp³-hybridized carbons (Fsp3) is 0.680.